The average molecular weight is 353 g/mol. The van der Waals surface area contributed by atoms with Crippen molar-refractivity contribution in [3.8, 4) is 5.75 Å². The first-order valence-electron chi connectivity index (χ1n) is 9.36. The zero-order valence-electron chi connectivity index (χ0n) is 15.8. The second-order valence-corrected chi connectivity index (χ2v) is 7.39. The fraction of sp³-hybridized carbons (Fsp3) is 0.500. The Morgan fingerprint density at radius 3 is 2.69 bits per heavy atom. The number of rotatable bonds is 4. The van der Waals surface area contributed by atoms with E-state index < -0.39 is 0 Å². The highest BCUT2D eigenvalue weighted by atomic mass is 16.5. The number of benzene rings is 1. The molecule has 6 heteroatoms. The molecule has 1 atom stereocenters. The van der Waals surface area contributed by atoms with Crippen molar-refractivity contribution < 1.29 is 4.74 Å². The van der Waals surface area contributed by atoms with Crippen LogP contribution in [0.15, 0.2) is 30.3 Å². The lowest BCUT2D eigenvalue weighted by Gasteiger charge is -2.34. The molecular weight excluding hydrogens is 326 g/mol. The highest BCUT2D eigenvalue weighted by molar-refractivity contribution is 5.46. The molecule has 1 saturated heterocycles. The summed E-state index contributed by atoms with van der Waals surface area (Å²) in [4.78, 5) is 13.5. The van der Waals surface area contributed by atoms with Crippen LogP contribution in [0.4, 0.5) is 11.8 Å². The van der Waals surface area contributed by atoms with Crippen LogP contribution in [-0.4, -0.2) is 49.8 Å². The van der Waals surface area contributed by atoms with Crippen LogP contribution in [0.1, 0.15) is 30.1 Å². The summed E-state index contributed by atoms with van der Waals surface area (Å²) < 4.78 is 5.80. The van der Waals surface area contributed by atoms with Crippen LogP contribution in [0.3, 0.4) is 0 Å². The maximum absolute atomic E-state index is 5.80. The van der Waals surface area contributed by atoms with Crippen LogP contribution in [0.5, 0.6) is 5.75 Å². The molecule has 1 aromatic heterocycles. The zero-order valence-corrected chi connectivity index (χ0v) is 15.8. The Kier molecular flexibility index (Phi) is 4.68. The lowest BCUT2D eigenvalue weighted by Crippen LogP contribution is -2.44. The van der Waals surface area contributed by atoms with E-state index in [9.17, 15) is 0 Å². The second kappa shape index (κ2) is 7.11. The van der Waals surface area contributed by atoms with Crippen LogP contribution in [0, 0.1) is 6.92 Å². The molecule has 0 saturated carbocycles. The third-order valence-electron chi connectivity index (χ3n) is 5.18. The van der Waals surface area contributed by atoms with Crippen LogP contribution < -0.4 is 19.9 Å². The molecule has 4 rings (SSSR count). The summed E-state index contributed by atoms with van der Waals surface area (Å²) in [7, 11) is 3.96. The van der Waals surface area contributed by atoms with Crippen LogP contribution in [0.2, 0.25) is 0 Å². The van der Waals surface area contributed by atoms with E-state index in [1.165, 1.54) is 5.56 Å². The zero-order chi connectivity index (χ0) is 18.1. The van der Waals surface area contributed by atoms with Crippen LogP contribution >= 0.6 is 0 Å². The predicted octanol–water partition coefficient (Wildman–Crippen LogP) is 2.54. The van der Waals surface area contributed by atoms with Crippen molar-refractivity contribution in [2.45, 2.75) is 31.8 Å². The van der Waals surface area contributed by atoms with E-state index in [-0.39, 0.29) is 0 Å². The minimum Gasteiger partial charge on any atom is -0.491 e. The Hall–Kier alpha value is -2.34. The summed E-state index contributed by atoms with van der Waals surface area (Å²) in [6.45, 7) is 4.79. The van der Waals surface area contributed by atoms with Crippen molar-refractivity contribution in [2.24, 2.45) is 0 Å². The summed E-state index contributed by atoms with van der Waals surface area (Å²) in [5.41, 5.74) is 2.30. The van der Waals surface area contributed by atoms with Gasteiger partial charge >= 0.3 is 0 Å². The van der Waals surface area contributed by atoms with Gasteiger partial charge in [0.25, 0.3) is 0 Å². The molecule has 2 aromatic rings. The van der Waals surface area contributed by atoms with E-state index in [2.05, 4.69) is 39.5 Å². The summed E-state index contributed by atoms with van der Waals surface area (Å²) in [6.07, 6.45) is 2.22. The van der Waals surface area contributed by atoms with Gasteiger partial charge in [-0.1, -0.05) is 18.2 Å². The molecule has 1 unspecified atom stereocenters. The van der Waals surface area contributed by atoms with Gasteiger partial charge in [-0.3, -0.25) is 0 Å². The van der Waals surface area contributed by atoms with E-state index in [1.54, 1.807) is 0 Å². The van der Waals surface area contributed by atoms with Crippen molar-refractivity contribution in [1.29, 1.82) is 0 Å². The van der Waals surface area contributed by atoms with Gasteiger partial charge in [-0.25, -0.2) is 4.98 Å². The third-order valence-corrected chi connectivity index (χ3v) is 5.18. The van der Waals surface area contributed by atoms with Gasteiger partial charge in [0.15, 0.2) is 0 Å². The van der Waals surface area contributed by atoms with Crippen molar-refractivity contribution >= 4 is 11.8 Å². The smallest absolute Gasteiger partial charge is 0.226 e. The fourth-order valence-electron chi connectivity index (χ4n) is 3.76. The Labute approximate surface area is 155 Å². The third kappa shape index (κ3) is 3.46. The predicted molar refractivity (Wildman–Crippen MR) is 104 cm³/mol. The molecule has 0 bridgehead atoms. The molecule has 1 N–H and O–H groups in total. The lowest BCUT2D eigenvalue weighted by atomic mass is 10.0. The summed E-state index contributed by atoms with van der Waals surface area (Å²) in [6, 6.07) is 11.3. The molecule has 26 heavy (non-hydrogen) atoms. The van der Waals surface area contributed by atoms with Gasteiger partial charge in [0.05, 0.1) is 6.04 Å². The molecule has 0 aliphatic carbocycles. The number of para-hydroxylation sites is 1. The van der Waals surface area contributed by atoms with Gasteiger partial charge in [-0.05, 0) is 25.8 Å². The first kappa shape index (κ1) is 17.1. The standard InChI is InChI=1S/C20H27N5O/c1-14-12-19(23-20(21-14)24(2)3)25-10-8-15(9-11-25)22-17-13-26-18-7-5-4-6-16(17)18/h4-7,12,15,17,22H,8-11,13H2,1-3H3. The SMILES string of the molecule is Cc1cc(N2CCC(NC3COc4ccccc43)CC2)nc(N(C)C)n1. The average Bonchev–Trinajstić information content (AvgIpc) is 3.05. The van der Waals surface area contributed by atoms with Crippen molar-refractivity contribution in [3.63, 3.8) is 0 Å². The Balaban J connectivity index is 1.38. The molecule has 0 radical (unpaired) electrons. The maximum atomic E-state index is 5.80. The Morgan fingerprint density at radius 1 is 1.15 bits per heavy atom. The Morgan fingerprint density at radius 2 is 1.92 bits per heavy atom. The molecule has 6 nitrogen and oxygen atoms in total. The molecule has 2 aliphatic rings. The second-order valence-electron chi connectivity index (χ2n) is 7.39. The number of piperidine rings is 1. The minimum atomic E-state index is 0.310. The van der Waals surface area contributed by atoms with Crippen molar-refractivity contribution in [3.05, 3.63) is 41.6 Å². The first-order chi connectivity index (χ1) is 12.6. The summed E-state index contributed by atoms with van der Waals surface area (Å²) >= 11 is 0. The molecule has 0 amide bonds. The van der Waals surface area contributed by atoms with Crippen molar-refractivity contribution in [2.75, 3.05) is 43.6 Å². The summed E-state index contributed by atoms with van der Waals surface area (Å²) in [5.74, 6) is 2.84. The molecule has 2 aliphatic heterocycles. The van der Waals surface area contributed by atoms with E-state index in [0.29, 0.717) is 12.1 Å². The van der Waals surface area contributed by atoms with E-state index in [4.69, 9.17) is 9.72 Å². The molecule has 138 valence electrons. The van der Waals surface area contributed by atoms with Crippen LogP contribution in [0.25, 0.3) is 0 Å². The Bertz CT molecular complexity index is 771. The summed E-state index contributed by atoms with van der Waals surface area (Å²) in [5, 5.41) is 3.79. The first-order valence-corrected chi connectivity index (χ1v) is 9.36. The molecule has 3 heterocycles. The number of nitrogens with one attached hydrogen (secondary N) is 1. The lowest BCUT2D eigenvalue weighted by molar-refractivity contribution is 0.284. The van der Waals surface area contributed by atoms with Gasteiger partial charge < -0.3 is 19.9 Å². The van der Waals surface area contributed by atoms with Gasteiger partial charge in [0.1, 0.15) is 18.2 Å². The van der Waals surface area contributed by atoms with Gasteiger partial charge in [-0.2, -0.15) is 4.98 Å². The maximum Gasteiger partial charge on any atom is 0.226 e. The highest BCUT2D eigenvalue weighted by Gasteiger charge is 2.28. The molecular formula is C20H27N5O. The minimum absolute atomic E-state index is 0.310. The monoisotopic (exact) mass is 353 g/mol. The fourth-order valence-corrected chi connectivity index (χ4v) is 3.76. The van der Waals surface area contributed by atoms with E-state index in [0.717, 1.165) is 55.7 Å². The van der Waals surface area contributed by atoms with Gasteiger partial charge in [0.2, 0.25) is 5.95 Å². The largest absolute Gasteiger partial charge is 0.491 e. The normalized spacial score (nSPS) is 20.0. The topological polar surface area (TPSA) is 53.5 Å². The van der Waals surface area contributed by atoms with Gasteiger partial charge in [-0.15, -0.1) is 0 Å². The number of aromatic nitrogens is 2. The number of hydrogen-bond acceptors (Lipinski definition) is 6. The number of hydrogen-bond donors (Lipinski definition) is 1. The molecule has 1 fully saturated rings. The number of fused-ring (bicyclic) bond motifs is 1. The van der Waals surface area contributed by atoms with Gasteiger partial charge in [0, 0.05) is 50.6 Å². The quantitative estimate of drug-likeness (QED) is 0.912. The number of anilines is 2. The van der Waals surface area contributed by atoms with Crippen molar-refractivity contribution in [1.82, 2.24) is 15.3 Å². The van der Waals surface area contributed by atoms with E-state index >= 15 is 0 Å². The van der Waals surface area contributed by atoms with Crippen LogP contribution in [-0.2, 0) is 0 Å². The number of nitrogens with zero attached hydrogens (tertiary/aromatic N) is 4. The number of aryl methyl sites for hydroxylation is 1. The molecule has 1 aromatic carbocycles. The highest BCUT2D eigenvalue weighted by Crippen LogP contribution is 2.32. The van der Waals surface area contributed by atoms with E-state index in [1.807, 2.05) is 32.0 Å². The number of ether oxygens (including phenoxy) is 1. The molecule has 0 spiro atoms.